The predicted molar refractivity (Wildman–Crippen MR) is 55.7 cm³/mol. The molecule has 1 fully saturated rings. The first-order valence-corrected chi connectivity index (χ1v) is 5.13. The van der Waals surface area contributed by atoms with E-state index in [9.17, 15) is 5.11 Å². The van der Waals surface area contributed by atoms with E-state index < -0.39 is 0 Å². The number of likely N-dealkylation sites (tertiary alicyclic amines) is 1. The van der Waals surface area contributed by atoms with E-state index in [1.807, 2.05) is 0 Å². The third-order valence-electron chi connectivity index (χ3n) is 2.92. The van der Waals surface area contributed by atoms with Crippen LogP contribution >= 0.6 is 0 Å². The molecule has 13 heavy (non-hydrogen) atoms. The minimum Gasteiger partial charge on any atom is -0.395 e. The summed E-state index contributed by atoms with van der Waals surface area (Å²) in [5.74, 6) is 0.649. The van der Waals surface area contributed by atoms with Crippen molar-refractivity contribution >= 4 is 0 Å². The Bertz CT molecular complexity index is 185. The van der Waals surface area contributed by atoms with Gasteiger partial charge in [0.1, 0.15) is 0 Å². The molecule has 0 spiro atoms. The summed E-state index contributed by atoms with van der Waals surface area (Å²) in [6, 6.07) is 0.385. The highest BCUT2D eigenvalue weighted by Gasteiger charge is 2.29. The van der Waals surface area contributed by atoms with Crippen molar-refractivity contribution in [2.75, 3.05) is 19.7 Å². The monoisotopic (exact) mass is 183 g/mol. The second kappa shape index (κ2) is 4.77. The molecule has 0 aliphatic carbocycles. The largest absolute Gasteiger partial charge is 0.395 e. The van der Waals surface area contributed by atoms with E-state index in [1.165, 1.54) is 12.0 Å². The van der Waals surface area contributed by atoms with Gasteiger partial charge < -0.3 is 5.11 Å². The lowest BCUT2D eigenvalue weighted by Crippen LogP contribution is -2.35. The van der Waals surface area contributed by atoms with Crippen LogP contribution in [0.15, 0.2) is 11.6 Å². The van der Waals surface area contributed by atoms with Crippen LogP contribution in [0.3, 0.4) is 0 Å². The maximum atomic E-state index is 9.21. The molecule has 0 aromatic heterocycles. The van der Waals surface area contributed by atoms with Crippen LogP contribution in [0.4, 0.5) is 0 Å². The predicted octanol–water partition coefficient (Wildman–Crippen LogP) is 1.66. The van der Waals surface area contributed by atoms with Gasteiger partial charge in [-0.2, -0.15) is 0 Å². The van der Waals surface area contributed by atoms with Crippen molar-refractivity contribution in [2.24, 2.45) is 5.92 Å². The lowest BCUT2D eigenvalue weighted by Gasteiger charge is -2.23. The first-order valence-electron chi connectivity index (χ1n) is 5.13. The highest BCUT2D eigenvalue weighted by atomic mass is 16.3. The standard InChI is InChI=1S/C11H21NO/c1-9(2)4-6-12-7-5-10(3)11(12)8-13/h4,10-11,13H,5-8H2,1-3H3. The van der Waals surface area contributed by atoms with E-state index in [2.05, 4.69) is 31.7 Å². The molecule has 0 bridgehead atoms. The van der Waals surface area contributed by atoms with Crippen molar-refractivity contribution in [3.8, 4) is 0 Å². The highest BCUT2D eigenvalue weighted by Crippen LogP contribution is 2.23. The normalized spacial score (nSPS) is 29.2. The fourth-order valence-corrected chi connectivity index (χ4v) is 1.91. The van der Waals surface area contributed by atoms with Crippen LogP contribution in [-0.2, 0) is 0 Å². The summed E-state index contributed by atoms with van der Waals surface area (Å²) in [6.07, 6.45) is 3.46. The summed E-state index contributed by atoms with van der Waals surface area (Å²) >= 11 is 0. The van der Waals surface area contributed by atoms with Gasteiger partial charge in [-0.15, -0.1) is 0 Å². The molecule has 1 aliphatic rings. The van der Waals surface area contributed by atoms with Crippen molar-refractivity contribution in [2.45, 2.75) is 33.2 Å². The molecule has 2 atom stereocenters. The van der Waals surface area contributed by atoms with Gasteiger partial charge in [0.25, 0.3) is 0 Å². The summed E-state index contributed by atoms with van der Waals surface area (Å²) in [6.45, 7) is 8.90. The summed E-state index contributed by atoms with van der Waals surface area (Å²) in [5, 5.41) is 9.21. The highest BCUT2D eigenvalue weighted by molar-refractivity contribution is 4.97. The van der Waals surface area contributed by atoms with Crippen LogP contribution < -0.4 is 0 Å². The zero-order valence-corrected chi connectivity index (χ0v) is 8.95. The number of hydrogen-bond acceptors (Lipinski definition) is 2. The van der Waals surface area contributed by atoms with Crippen molar-refractivity contribution in [3.05, 3.63) is 11.6 Å². The maximum absolute atomic E-state index is 9.21. The Morgan fingerprint density at radius 2 is 2.23 bits per heavy atom. The van der Waals surface area contributed by atoms with E-state index in [-0.39, 0.29) is 0 Å². The van der Waals surface area contributed by atoms with E-state index in [1.54, 1.807) is 0 Å². The summed E-state index contributed by atoms with van der Waals surface area (Å²) in [7, 11) is 0. The summed E-state index contributed by atoms with van der Waals surface area (Å²) in [4.78, 5) is 2.37. The molecule has 1 rings (SSSR count). The van der Waals surface area contributed by atoms with Gasteiger partial charge in [-0.1, -0.05) is 18.6 Å². The third kappa shape index (κ3) is 2.82. The molecule has 2 heteroatoms. The Kier molecular flexibility index (Phi) is 3.94. The molecule has 0 amide bonds. The van der Waals surface area contributed by atoms with E-state index in [0.717, 1.165) is 13.1 Å². The maximum Gasteiger partial charge on any atom is 0.0589 e. The Labute approximate surface area is 81.2 Å². The topological polar surface area (TPSA) is 23.5 Å². The van der Waals surface area contributed by atoms with Crippen LogP contribution in [-0.4, -0.2) is 35.7 Å². The number of hydrogen-bond donors (Lipinski definition) is 1. The van der Waals surface area contributed by atoms with Crippen molar-refractivity contribution in [3.63, 3.8) is 0 Å². The number of nitrogens with zero attached hydrogens (tertiary/aromatic N) is 1. The number of aliphatic hydroxyl groups is 1. The van der Waals surface area contributed by atoms with Gasteiger partial charge in [0.05, 0.1) is 6.61 Å². The Morgan fingerprint density at radius 1 is 1.54 bits per heavy atom. The van der Waals surface area contributed by atoms with Gasteiger partial charge in [-0.3, -0.25) is 4.90 Å². The molecule has 0 radical (unpaired) electrons. The van der Waals surface area contributed by atoms with Crippen molar-refractivity contribution < 1.29 is 5.11 Å². The quantitative estimate of drug-likeness (QED) is 0.673. The molecule has 0 aromatic carbocycles. The van der Waals surface area contributed by atoms with Crippen LogP contribution in [0.25, 0.3) is 0 Å². The molecular weight excluding hydrogens is 162 g/mol. The second-order valence-corrected chi connectivity index (χ2v) is 4.29. The van der Waals surface area contributed by atoms with Gasteiger partial charge in [0.15, 0.2) is 0 Å². The van der Waals surface area contributed by atoms with E-state index in [0.29, 0.717) is 18.6 Å². The fourth-order valence-electron chi connectivity index (χ4n) is 1.91. The van der Waals surface area contributed by atoms with Crippen LogP contribution in [0, 0.1) is 5.92 Å². The Balaban J connectivity index is 2.46. The Morgan fingerprint density at radius 3 is 2.77 bits per heavy atom. The molecule has 0 saturated carbocycles. The van der Waals surface area contributed by atoms with Gasteiger partial charge in [-0.05, 0) is 32.7 Å². The Hall–Kier alpha value is -0.340. The average Bonchev–Trinajstić information content (AvgIpc) is 2.42. The molecule has 2 unspecified atom stereocenters. The molecule has 76 valence electrons. The molecule has 1 heterocycles. The smallest absolute Gasteiger partial charge is 0.0589 e. The van der Waals surface area contributed by atoms with Crippen LogP contribution in [0.5, 0.6) is 0 Å². The SMILES string of the molecule is CC(C)=CCN1CCC(C)C1CO. The zero-order valence-electron chi connectivity index (χ0n) is 8.95. The fraction of sp³-hybridized carbons (Fsp3) is 0.818. The first-order chi connectivity index (χ1) is 6.15. The second-order valence-electron chi connectivity index (χ2n) is 4.29. The van der Waals surface area contributed by atoms with Crippen molar-refractivity contribution in [1.82, 2.24) is 4.90 Å². The number of allylic oxidation sites excluding steroid dienone is 1. The summed E-state index contributed by atoms with van der Waals surface area (Å²) in [5.41, 5.74) is 1.36. The van der Waals surface area contributed by atoms with Gasteiger partial charge in [0, 0.05) is 12.6 Å². The first kappa shape index (κ1) is 10.7. The molecular formula is C11H21NO. The van der Waals surface area contributed by atoms with Crippen molar-refractivity contribution in [1.29, 1.82) is 0 Å². The lowest BCUT2D eigenvalue weighted by atomic mass is 10.0. The van der Waals surface area contributed by atoms with Gasteiger partial charge >= 0.3 is 0 Å². The molecule has 0 aromatic rings. The lowest BCUT2D eigenvalue weighted by molar-refractivity contribution is 0.149. The molecule has 1 N–H and O–H groups in total. The summed E-state index contributed by atoms with van der Waals surface area (Å²) < 4.78 is 0. The van der Waals surface area contributed by atoms with Crippen LogP contribution in [0.1, 0.15) is 27.2 Å². The minimum atomic E-state index is 0.303. The third-order valence-corrected chi connectivity index (χ3v) is 2.92. The minimum absolute atomic E-state index is 0.303. The van der Waals surface area contributed by atoms with E-state index in [4.69, 9.17) is 0 Å². The average molecular weight is 183 g/mol. The van der Waals surface area contributed by atoms with E-state index >= 15 is 0 Å². The molecule has 1 saturated heterocycles. The number of rotatable bonds is 3. The molecule has 1 aliphatic heterocycles. The van der Waals surface area contributed by atoms with Gasteiger partial charge in [-0.25, -0.2) is 0 Å². The van der Waals surface area contributed by atoms with Gasteiger partial charge in [0.2, 0.25) is 0 Å². The number of aliphatic hydroxyl groups excluding tert-OH is 1. The zero-order chi connectivity index (χ0) is 9.84. The molecule has 2 nitrogen and oxygen atoms in total. The van der Waals surface area contributed by atoms with Crippen LogP contribution in [0.2, 0.25) is 0 Å².